The summed E-state index contributed by atoms with van der Waals surface area (Å²) in [6, 6.07) is 7.98. The second kappa shape index (κ2) is 9.02. The molecule has 6 nitrogen and oxygen atoms in total. The number of hydrogen-bond acceptors (Lipinski definition) is 3. The van der Waals surface area contributed by atoms with Crippen LogP contribution in [0.5, 0.6) is 5.75 Å². The Kier molecular flexibility index (Phi) is 6.72. The molecule has 0 atom stereocenters. The Hall–Kier alpha value is -2.24. The first-order valence-corrected chi connectivity index (χ1v) is 8.10. The van der Waals surface area contributed by atoms with Gasteiger partial charge in [-0.1, -0.05) is 17.7 Å². The van der Waals surface area contributed by atoms with Crippen LogP contribution >= 0.6 is 0 Å². The molecule has 0 saturated heterocycles. The number of benzene rings is 1. The number of nitrogens with one attached hydrogen (secondary N) is 3. The van der Waals surface area contributed by atoms with Crippen molar-refractivity contribution in [3.8, 4) is 5.75 Å². The minimum absolute atomic E-state index is 0.168. The van der Waals surface area contributed by atoms with Crippen LogP contribution in [0.15, 0.2) is 29.3 Å². The van der Waals surface area contributed by atoms with Gasteiger partial charge in [-0.05, 0) is 31.9 Å². The van der Waals surface area contributed by atoms with Crippen LogP contribution in [0.2, 0.25) is 0 Å². The van der Waals surface area contributed by atoms with E-state index < -0.39 is 0 Å². The molecule has 126 valence electrons. The minimum atomic E-state index is 0.168. The van der Waals surface area contributed by atoms with Gasteiger partial charge in [-0.15, -0.1) is 0 Å². The van der Waals surface area contributed by atoms with Gasteiger partial charge in [-0.2, -0.15) is 0 Å². The van der Waals surface area contributed by atoms with Crippen LogP contribution in [-0.2, 0) is 4.79 Å². The number of aliphatic imine (C=N–C) groups is 1. The first-order valence-electron chi connectivity index (χ1n) is 8.10. The number of rotatable bonds is 8. The van der Waals surface area contributed by atoms with E-state index in [9.17, 15) is 4.79 Å². The zero-order valence-corrected chi connectivity index (χ0v) is 13.9. The summed E-state index contributed by atoms with van der Waals surface area (Å²) in [5.74, 6) is 1.99. The van der Waals surface area contributed by atoms with Crippen molar-refractivity contribution < 1.29 is 9.53 Å². The maximum absolute atomic E-state index is 11.5. The molecule has 1 aliphatic rings. The number of aryl methyl sites for hydroxylation is 1. The molecule has 0 aromatic heterocycles. The summed E-state index contributed by atoms with van der Waals surface area (Å²) in [6.45, 7) is 4.52. The Morgan fingerprint density at radius 2 is 1.78 bits per heavy atom. The van der Waals surface area contributed by atoms with Crippen molar-refractivity contribution in [2.75, 3.05) is 33.3 Å². The molecule has 0 aliphatic heterocycles. The molecule has 1 aliphatic carbocycles. The Morgan fingerprint density at radius 3 is 2.43 bits per heavy atom. The van der Waals surface area contributed by atoms with Gasteiger partial charge in [0, 0.05) is 26.1 Å². The molecule has 1 amide bonds. The molecule has 0 radical (unpaired) electrons. The van der Waals surface area contributed by atoms with Gasteiger partial charge in [-0.3, -0.25) is 9.79 Å². The summed E-state index contributed by atoms with van der Waals surface area (Å²) < 4.78 is 5.64. The molecule has 6 heteroatoms. The van der Waals surface area contributed by atoms with Gasteiger partial charge in [0.05, 0.1) is 6.54 Å². The summed E-state index contributed by atoms with van der Waals surface area (Å²) in [6.07, 6.45) is 2.06. The van der Waals surface area contributed by atoms with E-state index in [0.29, 0.717) is 32.2 Å². The van der Waals surface area contributed by atoms with Crippen LogP contribution in [0.25, 0.3) is 0 Å². The maximum Gasteiger partial charge on any atom is 0.223 e. The van der Waals surface area contributed by atoms with Gasteiger partial charge < -0.3 is 20.7 Å². The highest BCUT2D eigenvalue weighted by atomic mass is 16.5. The van der Waals surface area contributed by atoms with Crippen LogP contribution in [-0.4, -0.2) is 45.2 Å². The van der Waals surface area contributed by atoms with E-state index in [2.05, 4.69) is 20.9 Å². The highest BCUT2D eigenvalue weighted by molar-refractivity contribution is 5.81. The van der Waals surface area contributed by atoms with Crippen molar-refractivity contribution in [2.45, 2.75) is 19.8 Å². The van der Waals surface area contributed by atoms with Gasteiger partial charge in [0.1, 0.15) is 12.4 Å². The van der Waals surface area contributed by atoms with E-state index in [1.165, 1.54) is 5.56 Å². The van der Waals surface area contributed by atoms with Gasteiger partial charge in [0.15, 0.2) is 5.96 Å². The van der Waals surface area contributed by atoms with Gasteiger partial charge in [-0.25, -0.2) is 0 Å². The lowest BCUT2D eigenvalue weighted by atomic mass is 10.2. The number of carbonyl (C=O) groups is 1. The summed E-state index contributed by atoms with van der Waals surface area (Å²) in [4.78, 5) is 15.6. The molecule has 2 rings (SSSR count). The lowest BCUT2D eigenvalue weighted by molar-refractivity contribution is -0.122. The molecule has 1 saturated carbocycles. The summed E-state index contributed by atoms with van der Waals surface area (Å²) in [5.41, 5.74) is 1.22. The third-order valence-corrected chi connectivity index (χ3v) is 3.57. The van der Waals surface area contributed by atoms with Gasteiger partial charge in [0.2, 0.25) is 5.91 Å². The van der Waals surface area contributed by atoms with Crippen molar-refractivity contribution in [3.63, 3.8) is 0 Å². The normalized spacial score (nSPS) is 14.3. The zero-order chi connectivity index (χ0) is 16.5. The maximum atomic E-state index is 11.5. The topological polar surface area (TPSA) is 74.8 Å². The lowest BCUT2D eigenvalue weighted by Crippen LogP contribution is -2.42. The second-order valence-corrected chi connectivity index (χ2v) is 5.65. The number of amides is 1. The smallest absolute Gasteiger partial charge is 0.223 e. The molecule has 3 N–H and O–H groups in total. The Bertz CT molecular complexity index is 524. The second-order valence-electron chi connectivity index (χ2n) is 5.65. The fourth-order valence-corrected chi connectivity index (χ4v) is 2.05. The predicted octanol–water partition coefficient (Wildman–Crippen LogP) is 1.07. The Labute approximate surface area is 137 Å². The van der Waals surface area contributed by atoms with E-state index in [0.717, 1.165) is 18.6 Å². The fraction of sp³-hybridized carbons (Fsp3) is 0.529. The van der Waals surface area contributed by atoms with Crippen LogP contribution < -0.4 is 20.7 Å². The van der Waals surface area contributed by atoms with Crippen LogP contribution in [0.1, 0.15) is 18.4 Å². The molecule has 0 bridgehead atoms. The molecular weight excluding hydrogens is 292 g/mol. The van der Waals surface area contributed by atoms with Crippen LogP contribution in [0.4, 0.5) is 0 Å². The van der Waals surface area contributed by atoms with Gasteiger partial charge in [0.25, 0.3) is 0 Å². The number of hydrogen-bond donors (Lipinski definition) is 3. The summed E-state index contributed by atoms with van der Waals surface area (Å²) >= 11 is 0. The van der Waals surface area contributed by atoms with Crippen molar-refractivity contribution in [3.05, 3.63) is 29.8 Å². The van der Waals surface area contributed by atoms with Gasteiger partial charge >= 0.3 is 0 Å². The predicted molar refractivity (Wildman–Crippen MR) is 91.8 cm³/mol. The first-order chi connectivity index (χ1) is 11.2. The molecule has 0 heterocycles. The average molecular weight is 318 g/mol. The van der Waals surface area contributed by atoms with Crippen molar-refractivity contribution in [2.24, 2.45) is 10.9 Å². The van der Waals surface area contributed by atoms with Crippen LogP contribution in [0, 0.1) is 12.8 Å². The number of guanidine groups is 1. The van der Waals surface area contributed by atoms with E-state index in [-0.39, 0.29) is 11.8 Å². The van der Waals surface area contributed by atoms with E-state index >= 15 is 0 Å². The molecule has 0 spiro atoms. The number of carbonyl (C=O) groups excluding carboxylic acids is 1. The minimum Gasteiger partial charge on any atom is -0.492 e. The summed E-state index contributed by atoms with van der Waals surface area (Å²) in [5, 5.41) is 9.24. The molecule has 1 fully saturated rings. The Balaban J connectivity index is 1.53. The largest absolute Gasteiger partial charge is 0.492 e. The standard InChI is InChI=1S/C17H26N4O2/c1-13-3-7-15(8-4-13)23-12-11-21-17(18-2)20-10-9-19-16(22)14-5-6-14/h3-4,7-8,14H,5-6,9-12H2,1-2H3,(H,19,22)(H2,18,20,21). The van der Waals surface area contributed by atoms with Crippen molar-refractivity contribution in [1.29, 1.82) is 0 Å². The molecule has 1 aromatic rings. The van der Waals surface area contributed by atoms with Crippen LogP contribution in [0.3, 0.4) is 0 Å². The molecule has 0 unspecified atom stereocenters. The van der Waals surface area contributed by atoms with Crippen molar-refractivity contribution in [1.82, 2.24) is 16.0 Å². The van der Waals surface area contributed by atoms with E-state index in [4.69, 9.17) is 4.74 Å². The Morgan fingerprint density at radius 1 is 1.13 bits per heavy atom. The summed E-state index contributed by atoms with van der Waals surface area (Å²) in [7, 11) is 1.72. The third kappa shape index (κ3) is 6.59. The van der Waals surface area contributed by atoms with E-state index in [1.54, 1.807) is 7.05 Å². The van der Waals surface area contributed by atoms with Crippen molar-refractivity contribution >= 4 is 11.9 Å². The first kappa shape index (κ1) is 17.1. The molecule has 1 aromatic carbocycles. The monoisotopic (exact) mass is 318 g/mol. The highest BCUT2D eigenvalue weighted by Gasteiger charge is 2.28. The SMILES string of the molecule is CN=C(NCCNC(=O)C1CC1)NCCOc1ccc(C)cc1. The third-order valence-electron chi connectivity index (χ3n) is 3.57. The average Bonchev–Trinajstić information content (AvgIpc) is 3.39. The lowest BCUT2D eigenvalue weighted by Gasteiger charge is -2.13. The highest BCUT2D eigenvalue weighted by Crippen LogP contribution is 2.28. The number of nitrogens with zero attached hydrogens (tertiary/aromatic N) is 1. The number of ether oxygens (including phenoxy) is 1. The molecular formula is C17H26N4O2. The molecule has 23 heavy (non-hydrogen) atoms. The van der Waals surface area contributed by atoms with E-state index in [1.807, 2.05) is 31.2 Å². The fourth-order valence-electron chi connectivity index (χ4n) is 2.05. The quantitative estimate of drug-likeness (QED) is 0.381. The zero-order valence-electron chi connectivity index (χ0n) is 13.9.